The molecule has 1 atom stereocenters. The van der Waals surface area contributed by atoms with Crippen molar-refractivity contribution in [3.63, 3.8) is 0 Å². The first-order valence-electron chi connectivity index (χ1n) is 16.9. The molecule has 5 nitrogen and oxygen atoms in total. The molecule has 0 spiro atoms. The van der Waals surface area contributed by atoms with E-state index < -0.39 is 6.29 Å². The third-order valence-corrected chi connectivity index (χ3v) is 9.68. The Hall–Kier alpha value is -6.72. The molecule has 2 aromatic heterocycles. The first kappa shape index (κ1) is 28.3. The molecule has 5 heteroatoms. The highest BCUT2D eigenvalue weighted by molar-refractivity contribution is 6.20. The predicted octanol–water partition coefficient (Wildman–Crippen LogP) is 11.0. The summed E-state index contributed by atoms with van der Waals surface area (Å²) in [6.07, 6.45) is -0.466. The monoisotopic (exact) mass is 642 g/mol. The van der Waals surface area contributed by atoms with Crippen LogP contribution in [0.25, 0.3) is 66.0 Å². The van der Waals surface area contributed by atoms with Crippen molar-refractivity contribution in [2.75, 3.05) is 0 Å². The number of nitrogens with zero attached hydrogens (tertiary/aromatic N) is 3. The Bertz CT molecular complexity index is 2780. The van der Waals surface area contributed by atoms with Gasteiger partial charge in [-0.2, -0.15) is 0 Å². The second kappa shape index (κ2) is 11.5. The zero-order valence-corrected chi connectivity index (χ0v) is 27.0. The molecule has 0 saturated heterocycles. The van der Waals surface area contributed by atoms with E-state index in [0.29, 0.717) is 5.84 Å². The normalized spacial score (nSPS) is 14.6. The molecule has 0 aliphatic carbocycles. The Kier molecular flexibility index (Phi) is 6.49. The van der Waals surface area contributed by atoms with Gasteiger partial charge in [0, 0.05) is 27.1 Å². The predicted molar refractivity (Wildman–Crippen MR) is 206 cm³/mol. The fraction of sp³-hybridized carbons (Fsp3) is 0.0222. The summed E-state index contributed by atoms with van der Waals surface area (Å²) in [5.41, 5.74) is 10.3. The van der Waals surface area contributed by atoms with Crippen molar-refractivity contribution >= 4 is 55.4 Å². The Balaban J connectivity index is 1.17. The number of benzene rings is 7. The molecule has 236 valence electrons. The van der Waals surface area contributed by atoms with Crippen molar-refractivity contribution in [2.45, 2.75) is 6.29 Å². The van der Waals surface area contributed by atoms with Crippen LogP contribution in [0.1, 0.15) is 17.4 Å². The number of nitrogens with one attached hydrogen (secondary N) is 1. The molecule has 9 aromatic rings. The lowest BCUT2D eigenvalue weighted by Crippen LogP contribution is -2.36. The van der Waals surface area contributed by atoms with Crippen molar-refractivity contribution in [1.82, 2.24) is 9.88 Å². The smallest absolute Gasteiger partial charge is 0.204 e. The third-order valence-electron chi connectivity index (χ3n) is 9.68. The van der Waals surface area contributed by atoms with Crippen molar-refractivity contribution in [3.8, 4) is 22.3 Å². The van der Waals surface area contributed by atoms with E-state index in [2.05, 4.69) is 155 Å². The van der Waals surface area contributed by atoms with Gasteiger partial charge in [-0.3, -0.25) is 0 Å². The summed E-state index contributed by atoms with van der Waals surface area (Å²) in [6.45, 7) is 0. The fourth-order valence-electron chi connectivity index (χ4n) is 7.29. The van der Waals surface area contributed by atoms with E-state index in [9.17, 15) is 0 Å². The molecule has 0 radical (unpaired) electrons. The van der Waals surface area contributed by atoms with E-state index in [-0.39, 0.29) is 0 Å². The third kappa shape index (κ3) is 4.63. The van der Waals surface area contributed by atoms with E-state index in [1.165, 1.54) is 27.5 Å². The second-order valence-corrected chi connectivity index (χ2v) is 12.6. The molecule has 10 rings (SSSR count). The second-order valence-electron chi connectivity index (χ2n) is 12.6. The van der Waals surface area contributed by atoms with E-state index in [1.54, 1.807) is 0 Å². The molecule has 3 heterocycles. The Morgan fingerprint density at radius 2 is 1.08 bits per heavy atom. The first-order chi connectivity index (χ1) is 24.8. The van der Waals surface area contributed by atoms with E-state index >= 15 is 0 Å². The highest BCUT2D eigenvalue weighted by atomic mass is 16.3. The minimum Gasteiger partial charge on any atom is -0.455 e. The van der Waals surface area contributed by atoms with Gasteiger partial charge in [0.2, 0.25) is 6.29 Å². The maximum absolute atomic E-state index is 6.61. The fourth-order valence-corrected chi connectivity index (χ4v) is 7.29. The van der Waals surface area contributed by atoms with Crippen molar-refractivity contribution < 1.29 is 4.42 Å². The average Bonchev–Trinajstić information content (AvgIpc) is 3.74. The Labute approximate surface area is 288 Å². The summed E-state index contributed by atoms with van der Waals surface area (Å²) in [6, 6.07) is 59.2. The number of fused-ring (bicyclic) bond motifs is 6. The van der Waals surface area contributed by atoms with Gasteiger partial charge in [0.05, 0.1) is 16.6 Å². The van der Waals surface area contributed by atoms with Gasteiger partial charge in [-0.1, -0.05) is 133 Å². The standard InChI is InChI=1S/C45H30N4O/c1-4-13-29(14-5-1)32-23-25-40-37(27-32)34-19-10-11-22-39(34)49(40)45-47-43(31-17-8-3-9-18-31)46-44(48-45)36-21-12-20-35-38-28-33(30-15-6-2-7-16-30)24-26-41(38)50-42(35)36/h1-28,45H,(H,46,47,48). The van der Waals surface area contributed by atoms with Gasteiger partial charge in [-0.15, -0.1) is 0 Å². The van der Waals surface area contributed by atoms with Crippen LogP contribution in [0.15, 0.2) is 184 Å². The van der Waals surface area contributed by atoms with Crippen LogP contribution in [-0.2, 0) is 0 Å². The molecule has 7 aromatic carbocycles. The average molecular weight is 643 g/mol. The Morgan fingerprint density at radius 1 is 0.480 bits per heavy atom. The maximum atomic E-state index is 6.61. The van der Waals surface area contributed by atoms with Gasteiger partial charge < -0.3 is 14.3 Å². The van der Waals surface area contributed by atoms with Gasteiger partial charge >= 0.3 is 0 Å². The number of amidine groups is 2. The number of furan rings is 1. The summed E-state index contributed by atoms with van der Waals surface area (Å²) in [5, 5.41) is 8.16. The number of hydrogen-bond donors (Lipinski definition) is 1. The molecule has 0 fully saturated rings. The lowest BCUT2D eigenvalue weighted by molar-refractivity contribution is 0.515. The van der Waals surface area contributed by atoms with Crippen LogP contribution in [0, 0.1) is 0 Å². The summed E-state index contributed by atoms with van der Waals surface area (Å²) in [7, 11) is 0. The SMILES string of the molecule is c1ccc(C2=NC(c3cccc4c3oc3ccc(-c5ccccc5)cc34)=NC(n3c4ccccc4c4cc(-c5ccccc5)ccc43)N2)cc1. The van der Waals surface area contributed by atoms with Crippen molar-refractivity contribution in [2.24, 2.45) is 9.98 Å². The van der Waals surface area contributed by atoms with Crippen molar-refractivity contribution in [1.29, 1.82) is 0 Å². The largest absolute Gasteiger partial charge is 0.455 e. The summed E-state index contributed by atoms with van der Waals surface area (Å²) in [4.78, 5) is 10.5. The molecular weight excluding hydrogens is 613 g/mol. The van der Waals surface area contributed by atoms with Crippen LogP contribution in [0.5, 0.6) is 0 Å². The quantitative estimate of drug-likeness (QED) is 0.203. The summed E-state index contributed by atoms with van der Waals surface area (Å²) >= 11 is 0. The van der Waals surface area contributed by atoms with Crippen molar-refractivity contribution in [3.05, 3.63) is 181 Å². The number of hydrogen-bond acceptors (Lipinski definition) is 4. The summed E-state index contributed by atoms with van der Waals surface area (Å²) < 4.78 is 8.91. The molecule has 1 aliphatic rings. The topological polar surface area (TPSA) is 54.8 Å². The highest BCUT2D eigenvalue weighted by Crippen LogP contribution is 2.38. The molecule has 1 unspecified atom stereocenters. The number of para-hydroxylation sites is 2. The molecule has 0 bridgehead atoms. The lowest BCUT2D eigenvalue weighted by Gasteiger charge is -2.26. The lowest BCUT2D eigenvalue weighted by atomic mass is 10.0. The van der Waals surface area contributed by atoms with Gasteiger partial charge in [0.25, 0.3) is 0 Å². The number of aromatic nitrogens is 1. The maximum Gasteiger partial charge on any atom is 0.204 e. The molecule has 50 heavy (non-hydrogen) atoms. The first-order valence-corrected chi connectivity index (χ1v) is 16.9. The molecule has 0 amide bonds. The zero-order valence-electron chi connectivity index (χ0n) is 27.0. The molecular formula is C45H30N4O. The number of aliphatic imine (C=N–C) groups is 2. The van der Waals surface area contributed by atoms with Crippen LogP contribution in [0.3, 0.4) is 0 Å². The van der Waals surface area contributed by atoms with Crippen LogP contribution in [0.4, 0.5) is 0 Å². The van der Waals surface area contributed by atoms with Crippen LogP contribution in [-0.4, -0.2) is 16.2 Å². The van der Waals surface area contributed by atoms with Crippen LogP contribution in [0.2, 0.25) is 0 Å². The van der Waals surface area contributed by atoms with E-state index in [0.717, 1.165) is 55.5 Å². The summed E-state index contributed by atoms with van der Waals surface area (Å²) in [5.74, 6) is 1.37. The van der Waals surface area contributed by atoms with Gasteiger partial charge in [0.15, 0.2) is 5.84 Å². The highest BCUT2D eigenvalue weighted by Gasteiger charge is 2.26. The Morgan fingerprint density at radius 3 is 1.82 bits per heavy atom. The van der Waals surface area contributed by atoms with Gasteiger partial charge in [0.1, 0.15) is 17.0 Å². The van der Waals surface area contributed by atoms with Crippen LogP contribution < -0.4 is 5.32 Å². The minimum absolute atomic E-state index is 0.466. The van der Waals surface area contributed by atoms with Crippen LogP contribution >= 0.6 is 0 Å². The molecule has 1 N–H and O–H groups in total. The van der Waals surface area contributed by atoms with E-state index in [4.69, 9.17) is 14.4 Å². The van der Waals surface area contributed by atoms with Gasteiger partial charge in [-0.05, 0) is 58.7 Å². The molecule has 0 saturated carbocycles. The van der Waals surface area contributed by atoms with E-state index in [1.807, 2.05) is 24.3 Å². The zero-order chi connectivity index (χ0) is 33.0. The van der Waals surface area contributed by atoms with Gasteiger partial charge in [-0.25, -0.2) is 9.98 Å². The molecule has 1 aliphatic heterocycles. The number of rotatable bonds is 5. The minimum atomic E-state index is -0.466.